The fraction of sp³-hybridized carbons (Fsp3) is 0.105. The van der Waals surface area contributed by atoms with Gasteiger partial charge in [-0.1, -0.05) is 22.0 Å². The number of carbonyl (C=O) groups is 1. The van der Waals surface area contributed by atoms with Crippen LogP contribution in [0, 0.1) is 13.8 Å². The third-order valence-electron chi connectivity index (χ3n) is 3.47. The summed E-state index contributed by atoms with van der Waals surface area (Å²) in [5.41, 5.74) is 3.83. The summed E-state index contributed by atoms with van der Waals surface area (Å²) in [6.07, 6.45) is 0. The second kappa shape index (κ2) is 7.44. The molecule has 25 heavy (non-hydrogen) atoms. The zero-order valence-electron chi connectivity index (χ0n) is 13.9. The lowest BCUT2D eigenvalue weighted by atomic mass is 10.2. The van der Waals surface area contributed by atoms with Gasteiger partial charge in [0.2, 0.25) is 5.95 Å². The lowest BCUT2D eigenvalue weighted by Crippen LogP contribution is -2.12. The highest BCUT2D eigenvalue weighted by atomic mass is 79.9. The van der Waals surface area contributed by atoms with Crippen LogP contribution in [0.4, 0.5) is 17.3 Å². The van der Waals surface area contributed by atoms with Gasteiger partial charge in [-0.3, -0.25) is 4.79 Å². The first-order chi connectivity index (χ1) is 12.0. The molecule has 6 heteroatoms. The Bertz CT molecular complexity index is 889. The van der Waals surface area contributed by atoms with Crippen molar-refractivity contribution in [1.82, 2.24) is 9.97 Å². The normalized spacial score (nSPS) is 10.4. The fourth-order valence-electron chi connectivity index (χ4n) is 2.39. The topological polar surface area (TPSA) is 66.9 Å². The zero-order chi connectivity index (χ0) is 17.8. The third kappa shape index (κ3) is 4.64. The van der Waals surface area contributed by atoms with Crippen LogP contribution in [0.25, 0.3) is 0 Å². The molecule has 0 aliphatic rings. The predicted molar refractivity (Wildman–Crippen MR) is 103 cm³/mol. The van der Waals surface area contributed by atoms with E-state index in [1.54, 1.807) is 12.1 Å². The maximum absolute atomic E-state index is 12.4. The Morgan fingerprint density at radius 2 is 1.60 bits per heavy atom. The monoisotopic (exact) mass is 396 g/mol. The van der Waals surface area contributed by atoms with Crippen molar-refractivity contribution in [2.75, 3.05) is 10.6 Å². The predicted octanol–water partition coefficient (Wildman–Crippen LogP) is 4.85. The molecule has 0 aliphatic carbocycles. The molecule has 0 bridgehead atoms. The summed E-state index contributed by atoms with van der Waals surface area (Å²) in [6, 6.07) is 16.6. The van der Waals surface area contributed by atoms with Gasteiger partial charge in [-0.15, -0.1) is 0 Å². The van der Waals surface area contributed by atoms with E-state index >= 15 is 0 Å². The lowest BCUT2D eigenvalue weighted by Gasteiger charge is -2.09. The van der Waals surface area contributed by atoms with Gasteiger partial charge in [-0.25, -0.2) is 9.97 Å². The number of aromatic nitrogens is 2. The first kappa shape index (κ1) is 17.1. The van der Waals surface area contributed by atoms with Crippen LogP contribution in [0.15, 0.2) is 59.1 Å². The summed E-state index contributed by atoms with van der Waals surface area (Å²) in [6.45, 7) is 3.84. The summed E-state index contributed by atoms with van der Waals surface area (Å²) in [4.78, 5) is 21.1. The number of hydrogen-bond donors (Lipinski definition) is 2. The summed E-state index contributed by atoms with van der Waals surface area (Å²) in [5, 5.41) is 6.02. The minimum Gasteiger partial charge on any atom is -0.324 e. The van der Waals surface area contributed by atoms with E-state index in [1.807, 2.05) is 56.3 Å². The van der Waals surface area contributed by atoms with E-state index in [0.29, 0.717) is 11.5 Å². The van der Waals surface area contributed by atoms with Crippen LogP contribution in [0.5, 0.6) is 0 Å². The first-order valence-corrected chi connectivity index (χ1v) is 8.55. The number of rotatable bonds is 4. The Morgan fingerprint density at radius 1 is 0.920 bits per heavy atom. The van der Waals surface area contributed by atoms with Gasteiger partial charge in [0.05, 0.1) is 0 Å². The molecule has 0 atom stereocenters. The SMILES string of the molecule is Cc1cc(C)nc(Nc2cccc(C(=O)Nc3ccc(Br)cc3)c2)n1. The quantitative estimate of drug-likeness (QED) is 0.661. The summed E-state index contributed by atoms with van der Waals surface area (Å²) < 4.78 is 0.963. The van der Waals surface area contributed by atoms with E-state index in [1.165, 1.54) is 0 Å². The molecule has 3 aromatic rings. The van der Waals surface area contributed by atoms with Gasteiger partial charge in [0, 0.05) is 32.8 Å². The molecule has 0 saturated heterocycles. The fourth-order valence-corrected chi connectivity index (χ4v) is 2.65. The second-order valence-electron chi connectivity index (χ2n) is 5.64. The van der Waals surface area contributed by atoms with E-state index in [-0.39, 0.29) is 5.91 Å². The molecule has 3 rings (SSSR count). The highest BCUT2D eigenvalue weighted by Crippen LogP contribution is 2.18. The molecule has 0 aliphatic heterocycles. The van der Waals surface area contributed by atoms with Crippen molar-refractivity contribution in [2.45, 2.75) is 13.8 Å². The molecule has 126 valence electrons. The average molecular weight is 397 g/mol. The smallest absolute Gasteiger partial charge is 0.255 e. The molecule has 0 saturated carbocycles. The standard InChI is InChI=1S/C19H17BrN4O/c1-12-10-13(2)22-19(21-12)24-17-5-3-4-14(11-17)18(25)23-16-8-6-15(20)7-9-16/h3-11H,1-2H3,(H,23,25)(H,21,22,24). The van der Waals surface area contributed by atoms with E-state index in [2.05, 4.69) is 36.5 Å². The maximum atomic E-state index is 12.4. The molecule has 0 radical (unpaired) electrons. The average Bonchev–Trinajstić information content (AvgIpc) is 2.56. The Hall–Kier alpha value is -2.73. The second-order valence-corrected chi connectivity index (χ2v) is 6.56. The van der Waals surface area contributed by atoms with E-state index in [0.717, 1.165) is 27.2 Å². The van der Waals surface area contributed by atoms with E-state index < -0.39 is 0 Å². The van der Waals surface area contributed by atoms with Gasteiger partial charge >= 0.3 is 0 Å². The van der Waals surface area contributed by atoms with Crippen LogP contribution < -0.4 is 10.6 Å². The molecule has 0 spiro atoms. The van der Waals surface area contributed by atoms with E-state index in [9.17, 15) is 4.79 Å². The number of benzene rings is 2. The Labute approximate surface area is 154 Å². The molecular formula is C19H17BrN4O. The minimum atomic E-state index is -0.174. The summed E-state index contributed by atoms with van der Waals surface area (Å²) >= 11 is 3.37. The number of anilines is 3. The summed E-state index contributed by atoms with van der Waals surface area (Å²) in [7, 11) is 0. The van der Waals surface area contributed by atoms with Crippen molar-refractivity contribution in [3.05, 3.63) is 76.0 Å². The number of aryl methyl sites for hydroxylation is 2. The highest BCUT2D eigenvalue weighted by molar-refractivity contribution is 9.10. The van der Waals surface area contributed by atoms with Crippen molar-refractivity contribution in [3.63, 3.8) is 0 Å². The number of nitrogens with one attached hydrogen (secondary N) is 2. The molecule has 0 unspecified atom stereocenters. The van der Waals surface area contributed by atoms with Crippen LogP contribution in [0.1, 0.15) is 21.7 Å². The molecule has 5 nitrogen and oxygen atoms in total. The van der Waals surface area contributed by atoms with Crippen LogP contribution in [-0.2, 0) is 0 Å². The van der Waals surface area contributed by atoms with Gasteiger partial charge in [-0.05, 0) is 62.4 Å². The number of hydrogen-bond acceptors (Lipinski definition) is 4. The Morgan fingerprint density at radius 3 is 2.28 bits per heavy atom. The molecule has 1 amide bonds. The number of halogens is 1. The third-order valence-corrected chi connectivity index (χ3v) is 3.99. The van der Waals surface area contributed by atoms with Gasteiger partial charge in [0.25, 0.3) is 5.91 Å². The summed E-state index contributed by atoms with van der Waals surface area (Å²) in [5.74, 6) is 0.343. The lowest BCUT2D eigenvalue weighted by molar-refractivity contribution is 0.102. The maximum Gasteiger partial charge on any atom is 0.255 e. The molecule has 2 N–H and O–H groups in total. The van der Waals surface area contributed by atoms with Gasteiger partial charge < -0.3 is 10.6 Å². The number of amides is 1. The Balaban J connectivity index is 1.76. The number of nitrogens with zero attached hydrogens (tertiary/aromatic N) is 2. The molecule has 1 aromatic heterocycles. The van der Waals surface area contributed by atoms with Crippen LogP contribution >= 0.6 is 15.9 Å². The van der Waals surface area contributed by atoms with Crippen molar-refractivity contribution in [3.8, 4) is 0 Å². The van der Waals surface area contributed by atoms with Crippen molar-refractivity contribution in [2.24, 2.45) is 0 Å². The molecule has 0 fully saturated rings. The van der Waals surface area contributed by atoms with Gasteiger partial charge in [0.1, 0.15) is 0 Å². The van der Waals surface area contributed by atoms with Crippen molar-refractivity contribution >= 4 is 39.2 Å². The van der Waals surface area contributed by atoms with Crippen molar-refractivity contribution < 1.29 is 4.79 Å². The van der Waals surface area contributed by atoms with Crippen molar-refractivity contribution in [1.29, 1.82) is 0 Å². The van der Waals surface area contributed by atoms with E-state index in [4.69, 9.17) is 0 Å². The molecular weight excluding hydrogens is 380 g/mol. The molecule has 2 aromatic carbocycles. The number of carbonyl (C=O) groups excluding carboxylic acids is 1. The van der Waals surface area contributed by atoms with Crippen LogP contribution in [0.2, 0.25) is 0 Å². The minimum absolute atomic E-state index is 0.174. The zero-order valence-corrected chi connectivity index (χ0v) is 15.5. The van der Waals surface area contributed by atoms with Gasteiger partial charge in [0.15, 0.2) is 0 Å². The molecule has 1 heterocycles. The highest BCUT2D eigenvalue weighted by Gasteiger charge is 2.08. The Kier molecular flexibility index (Phi) is 5.09. The van der Waals surface area contributed by atoms with Crippen LogP contribution in [0.3, 0.4) is 0 Å². The largest absolute Gasteiger partial charge is 0.324 e. The van der Waals surface area contributed by atoms with Crippen LogP contribution in [-0.4, -0.2) is 15.9 Å². The van der Waals surface area contributed by atoms with Gasteiger partial charge in [-0.2, -0.15) is 0 Å². The first-order valence-electron chi connectivity index (χ1n) is 7.76.